The molecule has 1 radical (unpaired) electrons. The first kappa shape index (κ1) is 13.3. The average molecular weight is 261 g/mol. The Bertz CT molecular complexity index is 528. The van der Waals surface area contributed by atoms with Gasteiger partial charge in [0.25, 0.3) is 0 Å². The van der Waals surface area contributed by atoms with Crippen LogP contribution in [0, 0.1) is 13.0 Å². The Kier molecular flexibility index (Phi) is 3.87. The van der Waals surface area contributed by atoms with Crippen molar-refractivity contribution in [3.63, 3.8) is 0 Å². The molecule has 0 unspecified atom stereocenters. The maximum absolute atomic E-state index is 5.74. The highest BCUT2D eigenvalue weighted by atomic mass is 28.3. The monoisotopic (exact) mass is 261 g/mol. The van der Waals surface area contributed by atoms with Crippen molar-refractivity contribution in [1.29, 1.82) is 0 Å². The van der Waals surface area contributed by atoms with E-state index in [-0.39, 0.29) is 0 Å². The van der Waals surface area contributed by atoms with Gasteiger partial charge in [0, 0.05) is 20.7 Å². The number of aryl methyl sites for hydroxylation is 1. The summed E-state index contributed by atoms with van der Waals surface area (Å²) < 4.78 is 7.77. The molecule has 0 spiro atoms. The molecule has 1 heterocycles. The van der Waals surface area contributed by atoms with Crippen LogP contribution in [0.15, 0.2) is 18.5 Å². The fourth-order valence-corrected chi connectivity index (χ4v) is 2.50. The van der Waals surface area contributed by atoms with Gasteiger partial charge in [-0.1, -0.05) is 25.7 Å². The first-order chi connectivity index (χ1) is 8.46. The third-order valence-corrected chi connectivity index (χ3v) is 4.62. The van der Waals surface area contributed by atoms with Crippen LogP contribution < -0.4 is 0 Å². The van der Waals surface area contributed by atoms with Crippen molar-refractivity contribution in [3.8, 4) is 0 Å². The maximum atomic E-state index is 5.74. The van der Waals surface area contributed by atoms with E-state index in [1.54, 1.807) is 0 Å². The molecule has 0 atom stereocenters. The summed E-state index contributed by atoms with van der Waals surface area (Å²) >= 11 is 0. The maximum Gasteiger partial charge on any atom is 0.124 e. The van der Waals surface area contributed by atoms with Gasteiger partial charge in [-0.15, -0.1) is 0 Å². The van der Waals surface area contributed by atoms with Gasteiger partial charge in [0.05, 0.1) is 17.4 Å². The normalized spacial score (nSPS) is 12.2. The molecule has 0 aliphatic heterocycles. The number of benzene rings is 1. The summed E-state index contributed by atoms with van der Waals surface area (Å²) in [7, 11) is -0.996. The van der Waals surface area contributed by atoms with Gasteiger partial charge >= 0.3 is 0 Å². The average Bonchev–Trinajstić information content (AvgIpc) is 2.65. The van der Waals surface area contributed by atoms with Crippen molar-refractivity contribution in [3.05, 3.63) is 30.1 Å². The van der Waals surface area contributed by atoms with Gasteiger partial charge in [0.15, 0.2) is 0 Å². The Balaban J connectivity index is 1.96. The summed E-state index contributed by atoms with van der Waals surface area (Å²) in [5, 5.41) is 0. The van der Waals surface area contributed by atoms with Crippen LogP contribution in [0.1, 0.15) is 5.56 Å². The molecule has 3 nitrogen and oxygen atoms in total. The third kappa shape index (κ3) is 3.43. The summed E-state index contributed by atoms with van der Waals surface area (Å²) in [6.45, 7) is 10.5. The number of ether oxygens (including phenoxy) is 1. The fourth-order valence-electron chi connectivity index (χ4n) is 1.74. The number of nitrogens with zero attached hydrogens (tertiary/aromatic N) is 2. The summed E-state index contributed by atoms with van der Waals surface area (Å²) in [5.74, 6) is 0. The molecule has 4 heteroatoms. The van der Waals surface area contributed by atoms with E-state index in [1.165, 1.54) is 6.04 Å². The van der Waals surface area contributed by atoms with Gasteiger partial charge in [0.1, 0.15) is 6.73 Å². The second-order valence-electron chi connectivity index (χ2n) is 5.94. The van der Waals surface area contributed by atoms with E-state index in [1.807, 2.05) is 17.8 Å². The quantitative estimate of drug-likeness (QED) is 0.609. The van der Waals surface area contributed by atoms with Gasteiger partial charge in [-0.2, -0.15) is 0 Å². The molecule has 0 saturated carbocycles. The van der Waals surface area contributed by atoms with Crippen LogP contribution in [0.2, 0.25) is 25.7 Å². The number of aromatic nitrogens is 2. The molecular formula is C14H21N2OSi. The van der Waals surface area contributed by atoms with Crippen molar-refractivity contribution >= 4 is 19.1 Å². The van der Waals surface area contributed by atoms with Gasteiger partial charge in [0.2, 0.25) is 0 Å². The lowest BCUT2D eigenvalue weighted by Gasteiger charge is -2.15. The van der Waals surface area contributed by atoms with E-state index < -0.39 is 8.07 Å². The van der Waals surface area contributed by atoms with Crippen molar-refractivity contribution in [2.75, 3.05) is 6.61 Å². The lowest BCUT2D eigenvalue weighted by Crippen LogP contribution is -2.21. The van der Waals surface area contributed by atoms with E-state index in [4.69, 9.17) is 4.74 Å². The molecule has 0 bridgehead atoms. The molecular weight excluding hydrogens is 240 g/mol. The summed E-state index contributed by atoms with van der Waals surface area (Å²) in [6.07, 6.45) is 1.83. The number of hydrogen-bond donors (Lipinski definition) is 0. The molecule has 0 amide bonds. The molecule has 0 aliphatic carbocycles. The molecule has 2 aromatic rings. The number of imidazole rings is 1. The summed E-state index contributed by atoms with van der Waals surface area (Å²) in [6, 6.07) is 8.58. The second kappa shape index (κ2) is 5.24. The molecule has 2 rings (SSSR count). The number of rotatable bonds is 5. The minimum atomic E-state index is -0.996. The molecule has 0 aliphatic rings. The SMILES string of the molecule is Cc1[c]c2ncn(COCC[Si](C)(C)C)c2cc1. The van der Waals surface area contributed by atoms with Crippen LogP contribution in [-0.4, -0.2) is 24.2 Å². The van der Waals surface area contributed by atoms with E-state index in [9.17, 15) is 0 Å². The van der Waals surface area contributed by atoms with Crippen LogP contribution in [0.3, 0.4) is 0 Å². The summed E-state index contributed by atoms with van der Waals surface area (Å²) in [4.78, 5) is 4.34. The lowest BCUT2D eigenvalue weighted by atomic mass is 10.2. The zero-order chi connectivity index (χ0) is 13.2. The van der Waals surface area contributed by atoms with Gasteiger partial charge in [-0.05, 0) is 24.6 Å². The highest BCUT2D eigenvalue weighted by molar-refractivity contribution is 6.76. The predicted octanol–water partition coefficient (Wildman–Crippen LogP) is 3.46. The first-order valence-electron chi connectivity index (χ1n) is 6.37. The fraction of sp³-hybridized carbons (Fsp3) is 0.500. The summed E-state index contributed by atoms with van der Waals surface area (Å²) in [5.41, 5.74) is 3.13. The van der Waals surface area contributed by atoms with E-state index >= 15 is 0 Å². The van der Waals surface area contributed by atoms with Crippen molar-refractivity contribution in [2.24, 2.45) is 0 Å². The lowest BCUT2D eigenvalue weighted by molar-refractivity contribution is 0.0898. The largest absolute Gasteiger partial charge is 0.361 e. The Morgan fingerprint density at radius 3 is 2.83 bits per heavy atom. The molecule has 0 N–H and O–H groups in total. The highest BCUT2D eigenvalue weighted by Crippen LogP contribution is 2.14. The standard InChI is InChI=1S/C14H21N2OSi/c1-12-5-6-14-13(9-12)15-10-16(14)11-17-7-8-18(2,3)4/h5-6,10H,7-8,11H2,1-4H3. The number of hydrogen-bond acceptors (Lipinski definition) is 2. The Hall–Kier alpha value is -1.13. The minimum absolute atomic E-state index is 0.581. The highest BCUT2D eigenvalue weighted by Gasteiger charge is 2.12. The van der Waals surface area contributed by atoms with Gasteiger partial charge in [-0.3, -0.25) is 0 Å². The van der Waals surface area contributed by atoms with Crippen LogP contribution >= 0.6 is 0 Å². The van der Waals surface area contributed by atoms with Crippen LogP contribution in [0.5, 0.6) is 0 Å². The minimum Gasteiger partial charge on any atom is -0.361 e. The molecule has 1 aromatic carbocycles. The van der Waals surface area contributed by atoms with Crippen LogP contribution in [0.25, 0.3) is 11.0 Å². The van der Waals surface area contributed by atoms with E-state index in [2.05, 4.69) is 42.8 Å². The van der Waals surface area contributed by atoms with Crippen LogP contribution in [0.4, 0.5) is 0 Å². The van der Waals surface area contributed by atoms with Crippen molar-refractivity contribution in [1.82, 2.24) is 9.55 Å². The van der Waals surface area contributed by atoms with E-state index in [0.29, 0.717) is 6.73 Å². The van der Waals surface area contributed by atoms with Gasteiger partial charge in [-0.25, -0.2) is 4.98 Å². The Morgan fingerprint density at radius 1 is 1.33 bits per heavy atom. The first-order valence-corrected chi connectivity index (χ1v) is 10.1. The van der Waals surface area contributed by atoms with Crippen molar-refractivity contribution in [2.45, 2.75) is 39.3 Å². The molecule has 0 fully saturated rings. The van der Waals surface area contributed by atoms with E-state index in [0.717, 1.165) is 23.2 Å². The number of fused-ring (bicyclic) bond motifs is 1. The third-order valence-electron chi connectivity index (χ3n) is 2.91. The van der Waals surface area contributed by atoms with Gasteiger partial charge < -0.3 is 9.30 Å². The van der Waals surface area contributed by atoms with Crippen LogP contribution in [-0.2, 0) is 11.5 Å². The molecule has 97 valence electrons. The Morgan fingerprint density at radius 2 is 2.11 bits per heavy atom. The zero-order valence-electron chi connectivity index (χ0n) is 11.7. The smallest absolute Gasteiger partial charge is 0.124 e. The predicted molar refractivity (Wildman–Crippen MR) is 77.4 cm³/mol. The van der Waals surface area contributed by atoms with Crippen molar-refractivity contribution < 1.29 is 4.74 Å². The Labute approximate surface area is 110 Å². The molecule has 18 heavy (non-hydrogen) atoms. The zero-order valence-corrected chi connectivity index (χ0v) is 12.7. The topological polar surface area (TPSA) is 27.1 Å². The molecule has 1 aromatic heterocycles. The second-order valence-corrected chi connectivity index (χ2v) is 11.6. The molecule has 0 saturated heterocycles.